The van der Waals surface area contributed by atoms with E-state index in [1.54, 1.807) is 17.4 Å². The van der Waals surface area contributed by atoms with Crippen LogP contribution >= 0.6 is 27.3 Å². The molecule has 17 heavy (non-hydrogen) atoms. The van der Waals surface area contributed by atoms with Crippen molar-refractivity contribution in [3.05, 3.63) is 56.4 Å². The summed E-state index contributed by atoms with van der Waals surface area (Å²) in [5, 5.41) is 4.69. The molecule has 2 nitrogen and oxygen atoms in total. The second kappa shape index (κ2) is 5.42. The van der Waals surface area contributed by atoms with Gasteiger partial charge < -0.3 is 5.32 Å². The largest absolute Gasteiger partial charge is 0.347 e. The monoisotopic (exact) mass is 313 g/mol. The topological polar surface area (TPSA) is 29.1 Å². The van der Waals surface area contributed by atoms with Crippen LogP contribution in [0.5, 0.6) is 0 Å². The number of hydrogen-bond acceptors (Lipinski definition) is 2. The lowest BCUT2D eigenvalue weighted by Gasteiger charge is -2.06. The van der Waals surface area contributed by atoms with Gasteiger partial charge >= 0.3 is 0 Å². The predicted octanol–water partition coefficient (Wildman–Crippen LogP) is 3.58. The fourth-order valence-electron chi connectivity index (χ4n) is 1.35. The van der Waals surface area contributed by atoms with Crippen molar-refractivity contribution in [1.82, 2.24) is 5.32 Å². The quantitative estimate of drug-likeness (QED) is 0.922. The lowest BCUT2D eigenvalue weighted by molar-refractivity contribution is 0.0950. The van der Waals surface area contributed by atoms with Crippen molar-refractivity contribution < 1.29 is 9.18 Å². The van der Waals surface area contributed by atoms with Crippen molar-refractivity contribution in [2.24, 2.45) is 0 Å². The third-order valence-electron chi connectivity index (χ3n) is 2.20. The average molecular weight is 314 g/mol. The first-order valence-electron chi connectivity index (χ1n) is 4.93. The molecule has 88 valence electrons. The van der Waals surface area contributed by atoms with Gasteiger partial charge in [-0.25, -0.2) is 4.39 Å². The van der Waals surface area contributed by atoms with E-state index in [9.17, 15) is 9.18 Å². The maximum atomic E-state index is 13.2. The molecule has 1 aromatic carbocycles. The van der Waals surface area contributed by atoms with Crippen LogP contribution in [0.15, 0.2) is 40.2 Å². The van der Waals surface area contributed by atoms with E-state index in [0.717, 1.165) is 4.88 Å². The van der Waals surface area contributed by atoms with Gasteiger partial charge in [-0.3, -0.25) is 4.79 Å². The molecular formula is C12H9BrFNOS. The minimum absolute atomic E-state index is 0.198. The van der Waals surface area contributed by atoms with E-state index in [1.165, 1.54) is 12.1 Å². The highest BCUT2D eigenvalue weighted by atomic mass is 79.9. The van der Waals surface area contributed by atoms with E-state index in [4.69, 9.17) is 0 Å². The average Bonchev–Trinajstić information content (AvgIpc) is 2.82. The summed E-state index contributed by atoms with van der Waals surface area (Å²) in [5.41, 5.74) is 0.307. The predicted molar refractivity (Wildman–Crippen MR) is 69.6 cm³/mol. The van der Waals surface area contributed by atoms with Crippen LogP contribution < -0.4 is 5.32 Å². The number of amides is 1. The summed E-state index contributed by atoms with van der Waals surface area (Å²) in [4.78, 5) is 12.9. The maximum Gasteiger partial charge on any atom is 0.252 e. The van der Waals surface area contributed by atoms with Gasteiger partial charge in [0.2, 0.25) is 0 Å². The molecule has 0 aliphatic carbocycles. The van der Waals surface area contributed by atoms with Gasteiger partial charge in [-0.2, -0.15) is 0 Å². The van der Waals surface area contributed by atoms with Crippen LogP contribution in [0.25, 0.3) is 0 Å². The second-order valence-electron chi connectivity index (χ2n) is 3.36. The Hall–Kier alpha value is -1.20. The van der Waals surface area contributed by atoms with Gasteiger partial charge in [0.25, 0.3) is 5.91 Å². The molecule has 0 aliphatic rings. The molecule has 1 heterocycles. The van der Waals surface area contributed by atoms with Crippen molar-refractivity contribution in [3.8, 4) is 0 Å². The SMILES string of the molecule is O=C(NCc1cccs1)c1cccc(F)c1Br. The van der Waals surface area contributed by atoms with Gasteiger partial charge in [-0.15, -0.1) is 11.3 Å². The molecule has 1 aromatic heterocycles. The molecule has 1 amide bonds. The Labute approximate surface area is 111 Å². The molecule has 2 rings (SSSR count). The Morgan fingerprint density at radius 1 is 1.35 bits per heavy atom. The van der Waals surface area contributed by atoms with E-state index < -0.39 is 5.82 Å². The Morgan fingerprint density at radius 2 is 2.18 bits per heavy atom. The summed E-state index contributed by atoms with van der Waals surface area (Å²) in [6.07, 6.45) is 0. The third kappa shape index (κ3) is 2.92. The molecule has 0 spiro atoms. The molecule has 0 fully saturated rings. The summed E-state index contributed by atoms with van der Waals surface area (Å²) in [6.45, 7) is 0.458. The van der Waals surface area contributed by atoms with E-state index >= 15 is 0 Å². The highest BCUT2D eigenvalue weighted by Crippen LogP contribution is 2.20. The minimum Gasteiger partial charge on any atom is -0.347 e. The van der Waals surface area contributed by atoms with Gasteiger partial charge in [-0.1, -0.05) is 12.1 Å². The Kier molecular flexibility index (Phi) is 3.91. The maximum absolute atomic E-state index is 13.2. The van der Waals surface area contributed by atoms with Crippen LogP contribution in [-0.2, 0) is 6.54 Å². The van der Waals surface area contributed by atoms with Crippen LogP contribution in [0.4, 0.5) is 4.39 Å². The normalized spacial score (nSPS) is 10.2. The molecule has 0 radical (unpaired) electrons. The molecule has 0 aliphatic heterocycles. The Balaban J connectivity index is 2.07. The number of halogens is 2. The minimum atomic E-state index is -0.436. The summed E-state index contributed by atoms with van der Waals surface area (Å²) in [6, 6.07) is 8.26. The zero-order valence-corrected chi connectivity index (χ0v) is 11.1. The number of benzene rings is 1. The van der Waals surface area contributed by atoms with Crippen molar-refractivity contribution in [1.29, 1.82) is 0 Å². The van der Waals surface area contributed by atoms with Crippen molar-refractivity contribution >= 4 is 33.2 Å². The summed E-state index contributed by atoms with van der Waals surface area (Å²) >= 11 is 4.63. The van der Waals surface area contributed by atoms with E-state index in [2.05, 4.69) is 21.2 Å². The summed E-state index contributed by atoms with van der Waals surface area (Å²) in [5.74, 6) is -0.724. The molecule has 0 saturated heterocycles. The third-order valence-corrected chi connectivity index (χ3v) is 3.88. The highest BCUT2D eigenvalue weighted by Gasteiger charge is 2.12. The molecule has 0 atom stereocenters. The first-order valence-corrected chi connectivity index (χ1v) is 6.60. The van der Waals surface area contributed by atoms with Gasteiger partial charge in [-0.05, 0) is 39.5 Å². The Morgan fingerprint density at radius 3 is 2.88 bits per heavy atom. The number of carbonyl (C=O) groups excluding carboxylic acids is 1. The number of carbonyl (C=O) groups is 1. The molecule has 1 N–H and O–H groups in total. The molecule has 2 aromatic rings. The molecule has 5 heteroatoms. The smallest absolute Gasteiger partial charge is 0.252 e. The highest BCUT2D eigenvalue weighted by molar-refractivity contribution is 9.10. The van der Waals surface area contributed by atoms with Crippen LogP contribution in [0.3, 0.4) is 0 Å². The fraction of sp³-hybridized carbons (Fsp3) is 0.0833. The van der Waals surface area contributed by atoms with Gasteiger partial charge in [0.1, 0.15) is 5.82 Å². The molecule has 0 saturated carbocycles. The van der Waals surface area contributed by atoms with Gasteiger partial charge in [0, 0.05) is 4.88 Å². The molecule has 0 unspecified atom stereocenters. The Bertz CT molecular complexity index is 527. The number of rotatable bonds is 3. The second-order valence-corrected chi connectivity index (χ2v) is 5.19. The standard InChI is InChI=1S/C12H9BrFNOS/c13-11-9(4-1-5-10(11)14)12(16)15-7-8-3-2-6-17-8/h1-6H,7H2,(H,15,16). The van der Waals surface area contributed by atoms with E-state index in [-0.39, 0.29) is 10.4 Å². The van der Waals surface area contributed by atoms with Crippen molar-refractivity contribution in [2.75, 3.05) is 0 Å². The molecular weight excluding hydrogens is 305 g/mol. The van der Waals surface area contributed by atoms with Crippen molar-refractivity contribution in [3.63, 3.8) is 0 Å². The first kappa shape index (κ1) is 12.3. The van der Waals surface area contributed by atoms with Crippen molar-refractivity contribution in [2.45, 2.75) is 6.54 Å². The number of thiophene rings is 1. The summed E-state index contributed by atoms with van der Waals surface area (Å²) in [7, 11) is 0. The van der Waals surface area contributed by atoms with Crippen LogP contribution in [0.1, 0.15) is 15.2 Å². The first-order chi connectivity index (χ1) is 8.18. The lowest BCUT2D eigenvalue weighted by Crippen LogP contribution is -2.22. The lowest BCUT2D eigenvalue weighted by atomic mass is 10.2. The van der Waals surface area contributed by atoms with Crippen LogP contribution in [0.2, 0.25) is 0 Å². The molecule has 0 bridgehead atoms. The van der Waals surface area contributed by atoms with Crippen LogP contribution in [0, 0.1) is 5.82 Å². The summed E-state index contributed by atoms with van der Waals surface area (Å²) < 4.78 is 13.4. The van der Waals surface area contributed by atoms with E-state index in [1.807, 2.05) is 17.5 Å². The number of nitrogens with one attached hydrogen (secondary N) is 1. The number of hydrogen-bond donors (Lipinski definition) is 1. The van der Waals surface area contributed by atoms with E-state index in [0.29, 0.717) is 12.1 Å². The zero-order chi connectivity index (χ0) is 12.3. The van der Waals surface area contributed by atoms with Gasteiger partial charge in [0.05, 0.1) is 16.6 Å². The zero-order valence-electron chi connectivity index (χ0n) is 8.74. The van der Waals surface area contributed by atoms with Gasteiger partial charge in [0.15, 0.2) is 0 Å². The van der Waals surface area contributed by atoms with Crippen LogP contribution in [-0.4, -0.2) is 5.91 Å². The fourth-order valence-corrected chi connectivity index (χ4v) is 2.44.